The average molecular weight is 313 g/mol. The molecular formula is C17H23N5O. The largest absolute Gasteiger partial charge is 0.352 e. The topological polar surface area (TPSA) is 63.1 Å². The molecule has 1 amide bonds. The second-order valence-electron chi connectivity index (χ2n) is 6.18. The maximum absolute atomic E-state index is 12.2. The van der Waals surface area contributed by atoms with Crippen molar-refractivity contribution in [2.75, 3.05) is 26.2 Å². The van der Waals surface area contributed by atoms with E-state index in [0.717, 1.165) is 6.54 Å². The van der Waals surface area contributed by atoms with E-state index in [4.69, 9.17) is 0 Å². The molecule has 3 rings (SSSR count). The van der Waals surface area contributed by atoms with E-state index in [-0.39, 0.29) is 5.91 Å². The standard InChI is InChI=1S/C17H23N5O/c1-14(13-21-8-2-3-9-21)11-19-17(23)15-5-6-16(18-12-15)22-10-4-7-20-22/h4-7,10,12,14H,2-3,8-9,11,13H2,1H3,(H,19,23)/t14-/m1/s1. The number of aromatic nitrogens is 3. The molecule has 1 N–H and O–H groups in total. The first-order chi connectivity index (χ1) is 11.2. The van der Waals surface area contributed by atoms with Crippen molar-refractivity contribution < 1.29 is 4.79 Å². The SMILES string of the molecule is C[C@H](CNC(=O)c1ccc(-n2cccn2)nc1)CN1CCCC1. The molecule has 0 saturated carbocycles. The van der Waals surface area contributed by atoms with Gasteiger partial charge in [-0.2, -0.15) is 5.10 Å². The molecule has 1 atom stereocenters. The maximum atomic E-state index is 12.2. The monoisotopic (exact) mass is 313 g/mol. The molecule has 23 heavy (non-hydrogen) atoms. The molecule has 0 radical (unpaired) electrons. The van der Waals surface area contributed by atoms with Gasteiger partial charge in [-0.05, 0) is 50.0 Å². The molecular weight excluding hydrogens is 290 g/mol. The van der Waals surface area contributed by atoms with Crippen molar-refractivity contribution in [3.63, 3.8) is 0 Å². The van der Waals surface area contributed by atoms with Crippen LogP contribution in [0.2, 0.25) is 0 Å². The Kier molecular flexibility index (Phi) is 5.02. The molecule has 1 saturated heterocycles. The van der Waals surface area contributed by atoms with Gasteiger partial charge in [-0.3, -0.25) is 4.79 Å². The maximum Gasteiger partial charge on any atom is 0.252 e. The lowest BCUT2D eigenvalue weighted by atomic mass is 10.1. The smallest absolute Gasteiger partial charge is 0.252 e. The van der Waals surface area contributed by atoms with Gasteiger partial charge in [0.05, 0.1) is 5.56 Å². The Labute approximate surface area is 136 Å². The van der Waals surface area contributed by atoms with Gasteiger partial charge in [0.25, 0.3) is 5.91 Å². The molecule has 1 fully saturated rings. The molecule has 0 spiro atoms. The molecule has 0 aliphatic carbocycles. The third kappa shape index (κ3) is 4.16. The number of hydrogen-bond donors (Lipinski definition) is 1. The Morgan fingerprint density at radius 3 is 2.83 bits per heavy atom. The summed E-state index contributed by atoms with van der Waals surface area (Å²) < 4.78 is 1.67. The normalized spacial score (nSPS) is 16.4. The summed E-state index contributed by atoms with van der Waals surface area (Å²) in [4.78, 5) is 19.0. The van der Waals surface area contributed by atoms with Crippen LogP contribution >= 0.6 is 0 Å². The fourth-order valence-electron chi connectivity index (χ4n) is 2.90. The van der Waals surface area contributed by atoms with Crippen LogP contribution in [0.15, 0.2) is 36.8 Å². The van der Waals surface area contributed by atoms with Crippen molar-refractivity contribution in [2.45, 2.75) is 19.8 Å². The minimum absolute atomic E-state index is 0.0715. The third-order valence-electron chi connectivity index (χ3n) is 4.13. The number of carbonyl (C=O) groups excluding carboxylic acids is 1. The fourth-order valence-corrected chi connectivity index (χ4v) is 2.90. The van der Waals surface area contributed by atoms with Gasteiger partial charge in [0, 0.05) is 31.7 Å². The van der Waals surface area contributed by atoms with Crippen LogP contribution < -0.4 is 5.32 Å². The number of nitrogens with zero attached hydrogens (tertiary/aromatic N) is 4. The molecule has 0 unspecified atom stereocenters. The summed E-state index contributed by atoms with van der Waals surface area (Å²) in [7, 11) is 0. The van der Waals surface area contributed by atoms with Crippen LogP contribution in [0.1, 0.15) is 30.1 Å². The molecule has 6 nitrogen and oxygen atoms in total. The van der Waals surface area contributed by atoms with Crippen molar-refractivity contribution in [3.8, 4) is 5.82 Å². The molecule has 1 aliphatic heterocycles. The lowest BCUT2D eigenvalue weighted by Gasteiger charge is -2.20. The predicted octanol–water partition coefficient (Wildman–Crippen LogP) is 1.73. The first-order valence-electron chi connectivity index (χ1n) is 8.19. The molecule has 1 aliphatic rings. The summed E-state index contributed by atoms with van der Waals surface area (Å²) in [6, 6.07) is 5.42. The summed E-state index contributed by atoms with van der Waals surface area (Å²) in [5, 5.41) is 7.12. The van der Waals surface area contributed by atoms with Crippen LogP contribution in [0.25, 0.3) is 5.82 Å². The minimum Gasteiger partial charge on any atom is -0.352 e. The zero-order chi connectivity index (χ0) is 16.1. The summed E-state index contributed by atoms with van der Waals surface area (Å²) in [6.07, 6.45) is 7.71. The average Bonchev–Trinajstić information content (AvgIpc) is 3.26. The van der Waals surface area contributed by atoms with Crippen LogP contribution in [-0.2, 0) is 0 Å². The highest BCUT2D eigenvalue weighted by Crippen LogP contribution is 2.10. The lowest BCUT2D eigenvalue weighted by molar-refractivity contribution is 0.0944. The zero-order valence-corrected chi connectivity index (χ0v) is 13.5. The second kappa shape index (κ2) is 7.37. The van der Waals surface area contributed by atoms with E-state index in [2.05, 4.69) is 27.2 Å². The summed E-state index contributed by atoms with van der Waals surface area (Å²) in [6.45, 7) is 6.30. The van der Waals surface area contributed by atoms with E-state index < -0.39 is 0 Å². The first-order valence-corrected chi connectivity index (χ1v) is 8.19. The Morgan fingerprint density at radius 1 is 1.35 bits per heavy atom. The van der Waals surface area contributed by atoms with E-state index in [1.807, 2.05) is 12.3 Å². The van der Waals surface area contributed by atoms with E-state index in [9.17, 15) is 4.79 Å². The highest BCUT2D eigenvalue weighted by Gasteiger charge is 2.15. The minimum atomic E-state index is -0.0715. The molecule has 0 aromatic carbocycles. The molecule has 6 heteroatoms. The van der Waals surface area contributed by atoms with E-state index >= 15 is 0 Å². The number of hydrogen-bond acceptors (Lipinski definition) is 4. The van der Waals surface area contributed by atoms with Crippen LogP contribution in [0.3, 0.4) is 0 Å². The van der Waals surface area contributed by atoms with E-state index in [1.54, 1.807) is 29.2 Å². The van der Waals surface area contributed by atoms with Gasteiger partial charge in [-0.15, -0.1) is 0 Å². The highest BCUT2D eigenvalue weighted by molar-refractivity contribution is 5.93. The summed E-state index contributed by atoms with van der Waals surface area (Å²) >= 11 is 0. The zero-order valence-electron chi connectivity index (χ0n) is 13.5. The number of pyridine rings is 1. The Balaban J connectivity index is 1.49. The van der Waals surface area contributed by atoms with Gasteiger partial charge in [0.1, 0.15) is 0 Å². The molecule has 3 heterocycles. The highest BCUT2D eigenvalue weighted by atomic mass is 16.1. The van der Waals surface area contributed by atoms with Gasteiger partial charge in [0.15, 0.2) is 5.82 Å². The van der Waals surface area contributed by atoms with Crippen molar-refractivity contribution in [2.24, 2.45) is 5.92 Å². The van der Waals surface area contributed by atoms with Crippen LogP contribution in [0.5, 0.6) is 0 Å². The molecule has 2 aromatic heterocycles. The molecule has 122 valence electrons. The van der Waals surface area contributed by atoms with Crippen molar-refractivity contribution >= 4 is 5.91 Å². The summed E-state index contributed by atoms with van der Waals surface area (Å²) in [5.41, 5.74) is 0.578. The Morgan fingerprint density at radius 2 is 2.17 bits per heavy atom. The predicted molar refractivity (Wildman–Crippen MR) is 88.5 cm³/mol. The summed E-state index contributed by atoms with van der Waals surface area (Å²) in [5.74, 6) is 1.08. The van der Waals surface area contributed by atoms with Crippen molar-refractivity contribution in [1.82, 2.24) is 25.0 Å². The number of rotatable bonds is 6. The Hall–Kier alpha value is -2.21. The van der Waals surface area contributed by atoms with E-state index in [0.29, 0.717) is 23.8 Å². The number of nitrogens with one attached hydrogen (secondary N) is 1. The molecule has 0 bridgehead atoms. The van der Waals surface area contributed by atoms with Crippen molar-refractivity contribution in [1.29, 1.82) is 0 Å². The third-order valence-corrected chi connectivity index (χ3v) is 4.13. The quantitative estimate of drug-likeness (QED) is 0.882. The number of amides is 1. The lowest BCUT2D eigenvalue weighted by Crippen LogP contribution is -2.34. The first kappa shape index (κ1) is 15.7. The fraction of sp³-hybridized carbons (Fsp3) is 0.471. The van der Waals surface area contributed by atoms with Crippen molar-refractivity contribution in [3.05, 3.63) is 42.4 Å². The number of likely N-dealkylation sites (tertiary alicyclic amines) is 1. The van der Waals surface area contributed by atoms with Crippen LogP contribution in [0.4, 0.5) is 0 Å². The van der Waals surface area contributed by atoms with Gasteiger partial charge in [0.2, 0.25) is 0 Å². The van der Waals surface area contributed by atoms with Gasteiger partial charge in [-0.1, -0.05) is 6.92 Å². The van der Waals surface area contributed by atoms with Crippen LogP contribution in [-0.4, -0.2) is 51.8 Å². The second-order valence-corrected chi connectivity index (χ2v) is 6.18. The van der Waals surface area contributed by atoms with E-state index in [1.165, 1.54) is 25.9 Å². The van der Waals surface area contributed by atoms with Gasteiger partial charge < -0.3 is 10.2 Å². The van der Waals surface area contributed by atoms with Gasteiger partial charge >= 0.3 is 0 Å². The van der Waals surface area contributed by atoms with Gasteiger partial charge in [-0.25, -0.2) is 9.67 Å². The van der Waals surface area contributed by atoms with Crippen LogP contribution in [0, 0.1) is 5.92 Å². The number of carbonyl (C=O) groups is 1. The molecule has 2 aromatic rings. The Bertz CT molecular complexity index is 617.